The lowest BCUT2D eigenvalue weighted by molar-refractivity contribution is 0.407. The van der Waals surface area contributed by atoms with Crippen molar-refractivity contribution in [2.45, 2.75) is 51.1 Å². The van der Waals surface area contributed by atoms with Crippen LogP contribution in [-0.2, 0) is 16.9 Å². The number of benzene rings is 1. The lowest BCUT2D eigenvalue weighted by Gasteiger charge is -2.13. The molecule has 1 atom stereocenters. The second-order valence-electron chi connectivity index (χ2n) is 7.83. The fourth-order valence-corrected chi connectivity index (χ4v) is 3.71. The fourth-order valence-electron chi connectivity index (χ4n) is 2.61. The average Bonchev–Trinajstić information content (AvgIpc) is 3.06. The molecule has 7 nitrogen and oxygen atoms in total. The van der Waals surface area contributed by atoms with Crippen LogP contribution in [0.15, 0.2) is 29.6 Å². The number of imidazole rings is 1. The predicted octanol–water partition coefficient (Wildman–Crippen LogP) is 3.64. The van der Waals surface area contributed by atoms with Crippen LogP contribution in [0, 0.1) is 13.8 Å². The molecule has 0 bridgehead atoms. The Morgan fingerprint density at radius 3 is 2.41 bits per heavy atom. The summed E-state index contributed by atoms with van der Waals surface area (Å²) >= 11 is -1.33. The summed E-state index contributed by atoms with van der Waals surface area (Å²) in [6.07, 6.45) is 1.74. The van der Waals surface area contributed by atoms with E-state index in [1.165, 1.54) is 0 Å². The summed E-state index contributed by atoms with van der Waals surface area (Å²) in [5, 5.41) is 0.430. The Kier molecular flexibility index (Phi) is 7.51. The summed E-state index contributed by atoms with van der Waals surface area (Å²) in [5.41, 5.74) is 9.51. The number of fused-ring (bicyclic) bond motifs is 1. The van der Waals surface area contributed by atoms with Crippen molar-refractivity contribution in [3.8, 4) is 11.5 Å². The number of rotatable bonds is 5. The highest BCUT2D eigenvalue weighted by Crippen LogP contribution is 2.27. The Balaban J connectivity index is 0.000000537. The Hall–Kier alpha value is -2.29. The molecule has 0 aliphatic carbocycles. The number of methoxy groups -OCH3 is 2. The van der Waals surface area contributed by atoms with Crippen molar-refractivity contribution >= 4 is 22.2 Å². The molecule has 0 aliphatic heterocycles. The number of nitrogens with one attached hydrogen (secondary N) is 1. The minimum atomic E-state index is -1.33. The maximum absolute atomic E-state index is 12.7. The summed E-state index contributed by atoms with van der Waals surface area (Å²) in [5.74, 6) is 1.78. The van der Waals surface area contributed by atoms with Gasteiger partial charge in [0.2, 0.25) is 0 Å². The third-order valence-electron chi connectivity index (χ3n) is 3.90. The van der Waals surface area contributed by atoms with E-state index in [0.29, 0.717) is 10.9 Å². The van der Waals surface area contributed by atoms with Gasteiger partial charge in [0.1, 0.15) is 11.5 Å². The molecule has 2 aromatic heterocycles. The molecule has 1 aromatic carbocycles. The number of ether oxygens (including phenoxy) is 2. The quantitative estimate of drug-likeness (QED) is 0.612. The second kappa shape index (κ2) is 9.47. The van der Waals surface area contributed by atoms with Gasteiger partial charge in [0.05, 0.1) is 30.9 Å². The number of aromatic amines is 1. The van der Waals surface area contributed by atoms with E-state index in [-0.39, 0.29) is 11.3 Å². The molecule has 8 heteroatoms. The first kappa shape index (κ1) is 23.0. The molecule has 0 saturated carbocycles. The van der Waals surface area contributed by atoms with Gasteiger partial charge in [-0.2, -0.15) is 4.98 Å². The van der Waals surface area contributed by atoms with Gasteiger partial charge in [-0.25, -0.2) is 0 Å². The summed E-state index contributed by atoms with van der Waals surface area (Å²) in [6, 6.07) is 5.51. The summed E-state index contributed by atoms with van der Waals surface area (Å²) < 4.78 is 23.3. The van der Waals surface area contributed by atoms with Crippen LogP contribution in [0.25, 0.3) is 11.0 Å². The van der Waals surface area contributed by atoms with Gasteiger partial charge in [-0.1, -0.05) is 0 Å². The molecule has 0 spiro atoms. The van der Waals surface area contributed by atoms with Crippen LogP contribution in [-0.4, -0.2) is 39.3 Å². The zero-order valence-corrected chi connectivity index (χ0v) is 18.9. The lowest BCUT2D eigenvalue weighted by Crippen LogP contribution is -2.26. The second-order valence-corrected chi connectivity index (χ2v) is 9.19. The average molecular weight is 419 g/mol. The molecular formula is C21H30N4O3S. The van der Waals surface area contributed by atoms with Crippen LogP contribution in [0.5, 0.6) is 11.5 Å². The Morgan fingerprint density at radius 1 is 1.17 bits per heavy atom. The minimum Gasteiger partial charge on any atom is -0.609 e. The van der Waals surface area contributed by atoms with Crippen LogP contribution < -0.4 is 15.2 Å². The van der Waals surface area contributed by atoms with Gasteiger partial charge in [0, 0.05) is 40.1 Å². The van der Waals surface area contributed by atoms with Gasteiger partial charge < -0.3 is 19.8 Å². The highest BCUT2D eigenvalue weighted by molar-refractivity contribution is 7.90. The van der Waals surface area contributed by atoms with E-state index in [1.807, 2.05) is 52.8 Å². The zero-order valence-electron chi connectivity index (χ0n) is 18.1. The molecule has 0 unspecified atom stereocenters. The molecule has 0 amide bonds. The van der Waals surface area contributed by atoms with Crippen LogP contribution in [0.4, 0.5) is 0 Å². The molecule has 3 rings (SSSR count). The molecule has 0 radical (unpaired) electrons. The number of nitrogens with zero attached hydrogens (tertiary/aromatic N) is 2. The predicted molar refractivity (Wildman–Crippen MR) is 117 cm³/mol. The smallest absolute Gasteiger partial charge is 0.322 e. The van der Waals surface area contributed by atoms with E-state index < -0.39 is 11.2 Å². The molecule has 0 fully saturated rings. The number of hydrogen-bond donors (Lipinski definition) is 2. The van der Waals surface area contributed by atoms with E-state index >= 15 is 0 Å². The van der Waals surface area contributed by atoms with Crippen molar-refractivity contribution in [3.63, 3.8) is 0 Å². The molecule has 0 saturated heterocycles. The number of pyridine rings is 1. The van der Waals surface area contributed by atoms with Gasteiger partial charge >= 0.3 is 5.16 Å². The van der Waals surface area contributed by atoms with E-state index in [4.69, 9.17) is 15.2 Å². The third-order valence-corrected chi connectivity index (χ3v) is 5.06. The Labute approximate surface area is 175 Å². The Morgan fingerprint density at radius 2 is 1.83 bits per heavy atom. The molecule has 29 heavy (non-hydrogen) atoms. The maximum atomic E-state index is 12.7. The monoisotopic (exact) mass is 418 g/mol. The maximum Gasteiger partial charge on any atom is 0.322 e. The topological polar surface area (TPSA) is 109 Å². The van der Waals surface area contributed by atoms with E-state index in [2.05, 4.69) is 15.0 Å². The first-order chi connectivity index (χ1) is 13.5. The summed E-state index contributed by atoms with van der Waals surface area (Å²) in [6.45, 7) is 9.76. The number of aromatic nitrogens is 3. The van der Waals surface area contributed by atoms with E-state index in [9.17, 15) is 4.55 Å². The van der Waals surface area contributed by atoms with Crippen molar-refractivity contribution < 1.29 is 14.0 Å². The van der Waals surface area contributed by atoms with Gasteiger partial charge in [0.25, 0.3) is 0 Å². The normalized spacial score (nSPS) is 12.3. The zero-order chi connectivity index (χ0) is 21.8. The largest absolute Gasteiger partial charge is 0.609 e. The highest BCUT2D eigenvalue weighted by atomic mass is 32.2. The first-order valence-corrected chi connectivity index (χ1v) is 10.6. The van der Waals surface area contributed by atoms with Crippen molar-refractivity contribution in [2.24, 2.45) is 5.73 Å². The number of hydrogen-bond acceptors (Lipinski definition) is 6. The highest BCUT2D eigenvalue weighted by Gasteiger charge is 2.21. The molecule has 0 aliphatic rings. The van der Waals surface area contributed by atoms with Gasteiger partial charge in [-0.15, -0.1) is 0 Å². The molecule has 3 N–H and O–H groups in total. The Bertz CT molecular complexity index is 960. The van der Waals surface area contributed by atoms with Crippen LogP contribution in [0.1, 0.15) is 37.6 Å². The first-order valence-electron chi connectivity index (χ1n) is 9.23. The van der Waals surface area contributed by atoms with Crippen molar-refractivity contribution in [2.75, 3.05) is 14.2 Å². The van der Waals surface area contributed by atoms with E-state index in [1.54, 1.807) is 20.4 Å². The van der Waals surface area contributed by atoms with Crippen molar-refractivity contribution in [1.82, 2.24) is 15.0 Å². The number of aryl methyl sites for hydroxylation is 1. The van der Waals surface area contributed by atoms with Crippen molar-refractivity contribution in [3.05, 3.63) is 41.2 Å². The fraction of sp³-hybridized carbons (Fsp3) is 0.429. The van der Waals surface area contributed by atoms with E-state index in [0.717, 1.165) is 33.6 Å². The summed E-state index contributed by atoms with van der Waals surface area (Å²) in [4.78, 5) is 11.9. The van der Waals surface area contributed by atoms with Gasteiger partial charge in [-0.3, -0.25) is 9.97 Å². The number of nitrogens with two attached hydrogens (primary N) is 1. The SMILES string of the molecule is CC(C)(C)N.COc1ccc2[nH]c([S@@+]([O-])Cc3ncc(C)c(OC)c3C)nc2c1. The molecule has 3 aromatic rings. The molecule has 2 heterocycles. The molecule has 158 valence electrons. The van der Waals surface area contributed by atoms with Gasteiger partial charge in [0.15, 0.2) is 5.75 Å². The summed E-state index contributed by atoms with van der Waals surface area (Å²) in [7, 11) is 3.23. The van der Waals surface area contributed by atoms with Crippen LogP contribution in [0.2, 0.25) is 0 Å². The third kappa shape index (κ3) is 6.35. The standard InChI is InChI=1S/C17H19N3O3S.C4H11N/c1-10-8-18-15(11(2)16(10)23-4)9-24(21)17-19-13-6-5-12(22-3)7-14(13)20-17;1-4(2,3)5/h5-8H,9H2,1-4H3,(H,19,20);5H2,1-3H3/t24-;/m0./s1. The lowest BCUT2D eigenvalue weighted by atomic mass is 10.1. The van der Waals surface area contributed by atoms with Crippen LogP contribution in [0.3, 0.4) is 0 Å². The van der Waals surface area contributed by atoms with Crippen LogP contribution >= 0.6 is 0 Å². The minimum absolute atomic E-state index is 0. The number of H-pyrrole nitrogens is 1. The van der Waals surface area contributed by atoms with Gasteiger partial charge in [-0.05, 0) is 46.8 Å². The van der Waals surface area contributed by atoms with Crippen molar-refractivity contribution in [1.29, 1.82) is 0 Å². The molecular weight excluding hydrogens is 388 g/mol.